The van der Waals surface area contributed by atoms with E-state index < -0.39 is 0 Å². The molecule has 21 heavy (non-hydrogen) atoms. The van der Waals surface area contributed by atoms with Gasteiger partial charge in [0.25, 0.3) is 0 Å². The highest BCUT2D eigenvalue weighted by molar-refractivity contribution is 5.79. The van der Waals surface area contributed by atoms with Gasteiger partial charge in [-0.2, -0.15) is 0 Å². The summed E-state index contributed by atoms with van der Waals surface area (Å²) >= 11 is 0. The Kier molecular flexibility index (Phi) is 5.56. The molecule has 0 aliphatic carbocycles. The van der Waals surface area contributed by atoms with Crippen molar-refractivity contribution in [3.8, 4) is 0 Å². The summed E-state index contributed by atoms with van der Waals surface area (Å²) in [5.74, 6) is 0.572. The SMILES string of the molecule is CN=C(NCCc1ccc(F)cc1)NCC1(C)CCCO1. The van der Waals surface area contributed by atoms with Crippen molar-refractivity contribution in [2.75, 3.05) is 26.7 Å². The van der Waals surface area contributed by atoms with Crippen LogP contribution in [-0.4, -0.2) is 38.3 Å². The lowest BCUT2D eigenvalue weighted by molar-refractivity contribution is 0.0243. The van der Waals surface area contributed by atoms with Gasteiger partial charge in [-0.25, -0.2) is 4.39 Å². The summed E-state index contributed by atoms with van der Waals surface area (Å²) < 4.78 is 18.6. The van der Waals surface area contributed by atoms with E-state index in [1.165, 1.54) is 12.1 Å². The van der Waals surface area contributed by atoms with Crippen LogP contribution in [0.5, 0.6) is 0 Å². The number of hydrogen-bond acceptors (Lipinski definition) is 2. The molecule has 4 nitrogen and oxygen atoms in total. The van der Waals surface area contributed by atoms with E-state index in [9.17, 15) is 4.39 Å². The summed E-state index contributed by atoms with van der Waals surface area (Å²) in [4.78, 5) is 4.20. The van der Waals surface area contributed by atoms with Gasteiger partial charge in [0, 0.05) is 26.7 Å². The Bertz CT molecular complexity index is 467. The molecule has 0 saturated carbocycles. The Morgan fingerprint density at radius 1 is 1.33 bits per heavy atom. The van der Waals surface area contributed by atoms with E-state index in [0.717, 1.165) is 50.5 Å². The highest BCUT2D eigenvalue weighted by Crippen LogP contribution is 2.23. The standard InChI is InChI=1S/C16H24FN3O/c1-16(9-3-11-21-16)12-20-15(18-2)19-10-8-13-4-6-14(17)7-5-13/h4-7H,3,8-12H2,1-2H3,(H2,18,19,20). The zero-order valence-electron chi connectivity index (χ0n) is 12.8. The number of hydrogen-bond donors (Lipinski definition) is 2. The van der Waals surface area contributed by atoms with Gasteiger partial charge >= 0.3 is 0 Å². The molecule has 1 aliphatic heterocycles. The number of aliphatic imine (C=N–C) groups is 1. The first-order valence-electron chi connectivity index (χ1n) is 7.44. The van der Waals surface area contributed by atoms with Crippen molar-refractivity contribution in [3.05, 3.63) is 35.6 Å². The lowest BCUT2D eigenvalue weighted by Crippen LogP contribution is -2.45. The zero-order chi connectivity index (χ0) is 15.1. The van der Waals surface area contributed by atoms with Crippen LogP contribution in [0.4, 0.5) is 4.39 Å². The molecule has 0 amide bonds. The molecule has 0 aromatic heterocycles. The molecular formula is C16H24FN3O. The van der Waals surface area contributed by atoms with E-state index in [4.69, 9.17) is 4.74 Å². The van der Waals surface area contributed by atoms with Crippen LogP contribution in [0.3, 0.4) is 0 Å². The van der Waals surface area contributed by atoms with E-state index in [1.807, 2.05) is 0 Å². The van der Waals surface area contributed by atoms with Crippen LogP contribution < -0.4 is 10.6 Å². The minimum absolute atomic E-state index is 0.0887. The van der Waals surface area contributed by atoms with E-state index in [-0.39, 0.29) is 11.4 Å². The van der Waals surface area contributed by atoms with Crippen molar-refractivity contribution in [2.45, 2.75) is 31.8 Å². The largest absolute Gasteiger partial charge is 0.373 e. The number of rotatable bonds is 5. The van der Waals surface area contributed by atoms with Crippen molar-refractivity contribution in [1.29, 1.82) is 0 Å². The molecule has 2 rings (SSSR count). The van der Waals surface area contributed by atoms with Gasteiger partial charge in [-0.15, -0.1) is 0 Å². The molecular weight excluding hydrogens is 269 g/mol. The smallest absolute Gasteiger partial charge is 0.191 e. The molecule has 1 aromatic rings. The summed E-state index contributed by atoms with van der Waals surface area (Å²) in [5, 5.41) is 6.56. The van der Waals surface area contributed by atoms with E-state index in [1.54, 1.807) is 19.2 Å². The number of halogens is 1. The lowest BCUT2D eigenvalue weighted by Gasteiger charge is -2.24. The quantitative estimate of drug-likeness (QED) is 0.645. The van der Waals surface area contributed by atoms with Gasteiger partial charge in [-0.1, -0.05) is 12.1 Å². The second-order valence-electron chi connectivity index (χ2n) is 5.63. The maximum absolute atomic E-state index is 12.8. The Labute approximate surface area is 125 Å². The van der Waals surface area contributed by atoms with Gasteiger partial charge in [-0.3, -0.25) is 4.99 Å². The molecule has 1 saturated heterocycles. The fourth-order valence-electron chi connectivity index (χ4n) is 2.44. The molecule has 0 bridgehead atoms. The Balaban J connectivity index is 1.71. The summed E-state index contributed by atoms with van der Waals surface area (Å²) in [7, 11) is 1.76. The van der Waals surface area contributed by atoms with E-state index in [2.05, 4.69) is 22.5 Å². The minimum atomic E-state index is -0.200. The van der Waals surface area contributed by atoms with Crippen LogP contribution in [0.25, 0.3) is 0 Å². The molecule has 116 valence electrons. The molecule has 1 heterocycles. The van der Waals surface area contributed by atoms with Gasteiger partial charge in [-0.05, 0) is 43.9 Å². The Hall–Kier alpha value is -1.62. The fourth-order valence-corrected chi connectivity index (χ4v) is 2.44. The van der Waals surface area contributed by atoms with Crippen LogP contribution in [0.1, 0.15) is 25.3 Å². The van der Waals surface area contributed by atoms with Crippen LogP contribution in [0.2, 0.25) is 0 Å². The summed E-state index contributed by atoms with van der Waals surface area (Å²) in [6, 6.07) is 6.59. The summed E-state index contributed by atoms with van der Waals surface area (Å²) in [5.41, 5.74) is 1.01. The summed E-state index contributed by atoms with van der Waals surface area (Å²) in [6.45, 7) is 4.47. The first-order valence-corrected chi connectivity index (χ1v) is 7.44. The second-order valence-corrected chi connectivity index (χ2v) is 5.63. The maximum atomic E-state index is 12.8. The number of nitrogens with one attached hydrogen (secondary N) is 2. The predicted molar refractivity (Wildman–Crippen MR) is 83.1 cm³/mol. The molecule has 1 fully saturated rings. The molecule has 5 heteroatoms. The average Bonchev–Trinajstić information content (AvgIpc) is 2.92. The third-order valence-corrected chi connectivity index (χ3v) is 3.77. The van der Waals surface area contributed by atoms with Crippen LogP contribution >= 0.6 is 0 Å². The van der Waals surface area contributed by atoms with Gasteiger partial charge in [0.05, 0.1) is 5.60 Å². The monoisotopic (exact) mass is 293 g/mol. The number of guanidine groups is 1. The maximum Gasteiger partial charge on any atom is 0.191 e. The predicted octanol–water partition coefficient (Wildman–Crippen LogP) is 2.10. The number of ether oxygens (including phenoxy) is 1. The molecule has 1 aromatic carbocycles. The molecule has 1 atom stereocenters. The number of nitrogens with zero attached hydrogens (tertiary/aromatic N) is 1. The third-order valence-electron chi connectivity index (χ3n) is 3.77. The van der Waals surface area contributed by atoms with E-state index in [0.29, 0.717) is 0 Å². The molecule has 1 unspecified atom stereocenters. The van der Waals surface area contributed by atoms with Crippen LogP contribution in [-0.2, 0) is 11.2 Å². The fraction of sp³-hybridized carbons (Fsp3) is 0.562. The molecule has 0 radical (unpaired) electrons. The van der Waals surface area contributed by atoms with Gasteiger partial charge in [0.15, 0.2) is 5.96 Å². The minimum Gasteiger partial charge on any atom is -0.373 e. The first-order chi connectivity index (χ1) is 10.1. The average molecular weight is 293 g/mol. The van der Waals surface area contributed by atoms with Crippen molar-refractivity contribution < 1.29 is 9.13 Å². The molecule has 1 aliphatic rings. The van der Waals surface area contributed by atoms with Crippen molar-refractivity contribution >= 4 is 5.96 Å². The highest BCUT2D eigenvalue weighted by Gasteiger charge is 2.29. The van der Waals surface area contributed by atoms with Gasteiger partial charge in [0.1, 0.15) is 5.82 Å². The number of benzene rings is 1. The van der Waals surface area contributed by atoms with Gasteiger partial charge in [0.2, 0.25) is 0 Å². The summed E-state index contributed by atoms with van der Waals surface area (Å²) in [6.07, 6.45) is 3.02. The van der Waals surface area contributed by atoms with E-state index >= 15 is 0 Å². The molecule has 2 N–H and O–H groups in total. The van der Waals surface area contributed by atoms with Crippen molar-refractivity contribution in [3.63, 3.8) is 0 Å². The molecule has 0 spiro atoms. The highest BCUT2D eigenvalue weighted by atomic mass is 19.1. The second kappa shape index (κ2) is 7.41. The van der Waals surface area contributed by atoms with Crippen molar-refractivity contribution in [1.82, 2.24) is 10.6 Å². The Morgan fingerprint density at radius 2 is 2.10 bits per heavy atom. The Morgan fingerprint density at radius 3 is 2.71 bits per heavy atom. The van der Waals surface area contributed by atoms with Crippen LogP contribution in [0, 0.1) is 5.82 Å². The topological polar surface area (TPSA) is 45.7 Å². The first kappa shape index (κ1) is 15.8. The van der Waals surface area contributed by atoms with Gasteiger partial charge < -0.3 is 15.4 Å². The van der Waals surface area contributed by atoms with Crippen LogP contribution in [0.15, 0.2) is 29.3 Å². The zero-order valence-corrected chi connectivity index (χ0v) is 12.8. The van der Waals surface area contributed by atoms with Crippen molar-refractivity contribution in [2.24, 2.45) is 4.99 Å². The normalized spacial score (nSPS) is 22.3. The third kappa shape index (κ3) is 5.01. The lowest BCUT2D eigenvalue weighted by atomic mass is 10.0.